The molecule has 1 aliphatic heterocycles. The summed E-state index contributed by atoms with van der Waals surface area (Å²) in [7, 11) is 0. The Balaban J connectivity index is 1.58. The number of nitrogens with one attached hydrogen (secondary N) is 1. The van der Waals surface area contributed by atoms with Crippen molar-refractivity contribution in [2.75, 3.05) is 19.8 Å². The molecule has 1 aromatic heterocycles. The lowest BCUT2D eigenvalue weighted by Crippen LogP contribution is -2.37. The van der Waals surface area contributed by atoms with Crippen LogP contribution in [-0.2, 0) is 11.2 Å². The van der Waals surface area contributed by atoms with Gasteiger partial charge in [0.25, 0.3) is 0 Å². The number of pyridine rings is 1. The molecule has 1 N–H and O–H groups in total. The molecule has 0 amide bonds. The second-order valence-electron chi connectivity index (χ2n) is 4.29. The van der Waals surface area contributed by atoms with Crippen LogP contribution in [0.5, 0.6) is 0 Å². The van der Waals surface area contributed by atoms with Gasteiger partial charge in [-0.2, -0.15) is 0 Å². The summed E-state index contributed by atoms with van der Waals surface area (Å²) in [4.78, 5) is 4.27. The SMILES string of the molecule is c1ccc(CCOCC2CCCCN2)nc1. The highest BCUT2D eigenvalue weighted by atomic mass is 16.5. The quantitative estimate of drug-likeness (QED) is 0.768. The number of piperidine rings is 1. The molecule has 0 spiro atoms. The molecule has 0 aromatic carbocycles. The minimum atomic E-state index is 0.567. The van der Waals surface area contributed by atoms with E-state index in [1.54, 1.807) is 0 Å². The maximum atomic E-state index is 5.67. The lowest BCUT2D eigenvalue weighted by atomic mass is 10.1. The maximum Gasteiger partial charge on any atom is 0.0619 e. The monoisotopic (exact) mass is 220 g/mol. The average molecular weight is 220 g/mol. The summed E-state index contributed by atoms with van der Waals surface area (Å²) in [6.45, 7) is 2.76. The number of hydrogen-bond acceptors (Lipinski definition) is 3. The van der Waals surface area contributed by atoms with Crippen LogP contribution in [0.4, 0.5) is 0 Å². The molecule has 3 nitrogen and oxygen atoms in total. The predicted molar refractivity (Wildman–Crippen MR) is 64.4 cm³/mol. The molecule has 1 aromatic rings. The predicted octanol–water partition coefficient (Wildman–Crippen LogP) is 1.78. The van der Waals surface area contributed by atoms with E-state index in [1.807, 2.05) is 24.4 Å². The van der Waals surface area contributed by atoms with Crippen molar-refractivity contribution >= 4 is 0 Å². The third-order valence-electron chi connectivity index (χ3n) is 2.96. The minimum absolute atomic E-state index is 0.567. The Kier molecular flexibility index (Phi) is 4.77. The lowest BCUT2D eigenvalue weighted by Gasteiger charge is -2.23. The van der Waals surface area contributed by atoms with E-state index in [-0.39, 0.29) is 0 Å². The molecule has 1 aliphatic rings. The summed E-state index contributed by atoms with van der Waals surface area (Å²) in [6, 6.07) is 6.57. The van der Waals surface area contributed by atoms with Crippen molar-refractivity contribution in [3.63, 3.8) is 0 Å². The molecule has 1 atom stereocenters. The Labute approximate surface area is 97.2 Å². The van der Waals surface area contributed by atoms with E-state index >= 15 is 0 Å². The fraction of sp³-hybridized carbons (Fsp3) is 0.615. The van der Waals surface area contributed by atoms with Gasteiger partial charge in [-0.25, -0.2) is 0 Å². The second kappa shape index (κ2) is 6.61. The molecular weight excluding hydrogens is 200 g/mol. The molecule has 2 heterocycles. The molecular formula is C13H20N2O. The topological polar surface area (TPSA) is 34.1 Å². The van der Waals surface area contributed by atoms with Crippen molar-refractivity contribution in [1.29, 1.82) is 0 Å². The van der Waals surface area contributed by atoms with Crippen molar-refractivity contribution in [3.8, 4) is 0 Å². The molecule has 0 aliphatic carbocycles. The van der Waals surface area contributed by atoms with Gasteiger partial charge in [0.1, 0.15) is 0 Å². The zero-order valence-corrected chi connectivity index (χ0v) is 9.69. The molecule has 2 rings (SSSR count). The smallest absolute Gasteiger partial charge is 0.0619 e. The first-order valence-corrected chi connectivity index (χ1v) is 6.16. The van der Waals surface area contributed by atoms with Crippen LogP contribution in [0.1, 0.15) is 25.0 Å². The van der Waals surface area contributed by atoms with E-state index in [2.05, 4.69) is 10.3 Å². The van der Waals surface area contributed by atoms with Gasteiger partial charge in [0.05, 0.1) is 13.2 Å². The molecule has 1 unspecified atom stereocenters. The van der Waals surface area contributed by atoms with Gasteiger partial charge in [0, 0.05) is 24.4 Å². The Morgan fingerprint density at radius 1 is 1.38 bits per heavy atom. The van der Waals surface area contributed by atoms with Crippen molar-refractivity contribution < 1.29 is 4.74 Å². The largest absolute Gasteiger partial charge is 0.379 e. The number of nitrogens with zero attached hydrogens (tertiary/aromatic N) is 1. The van der Waals surface area contributed by atoms with E-state index in [1.165, 1.54) is 19.3 Å². The lowest BCUT2D eigenvalue weighted by molar-refractivity contribution is 0.105. The van der Waals surface area contributed by atoms with Gasteiger partial charge in [0.15, 0.2) is 0 Å². The van der Waals surface area contributed by atoms with Crippen LogP contribution in [0.15, 0.2) is 24.4 Å². The second-order valence-corrected chi connectivity index (χ2v) is 4.29. The molecule has 1 fully saturated rings. The van der Waals surface area contributed by atoms with Gasteiger partial charge in [-0.1, -0.05) is 12.5 Å². The van der Waals surface area contributed by atoms with Gasteiger partial charge < -0.3 is 10.1 Å². The maximum absolute atomic E-state index is 5.67. The van der Waals surface area contributed by atoms with Gasteiger partial charge in [-0.3, -0.25) is 4.98 Å². The zero-order valence-electron chi connectivity index (χ0n) is 9.69. The van der Waals surface area contributed by atoms with Crippen LogP contribution >= 0.6 is 0 Å². The van der Waals surface area contributed by atoms with Crippen molar-refractivity contribution in [1.82, 2.24) is 10.3 Å². The summed E-state index contributed by atoms with van der Waals surface area (Å²) >= 11 is 0. The molecule has 0 radical (unpaired) electrons. The van der Waals surface area contributed by atoms with E-state index in [9.17, 15) is 0 Å². The van der Waals surface area contributed by atoms with Crippen LogP contribution in [0.3, 0.4) is 0 Å². The summed E-state index contributed by atoms with van der Waals surface area (Å²) in [5, 5.41) is 3.48. The normalized spacial score (nSPS) is 20.9. The minimum Gasteiger partial charge on any atom is -0.379 e. The highest BCUT2D eigenvalue weighted by molar-refractivity contribution is 5.03. The van der Waals surface area contributed by atoms with Gasteiger partial charge in [0.2, 0.25) is 0 Å². The van der Waals surface area contributed by atoms with Crippen LogP contribution in [0.2, 0.25) is 0 Å². The number of ether oxygens (including phenoxy) is 1. The first-order valence-electron chi connectivity index (χ1n) is 6.16. The molecule has 0 saturated carbocycles. The molecule has 0 bridgehead atoms. The van der Waals surface area contributed by atoms with Crippen molar-refractivity contribution in [3.05, 3.63) is 30.1 Å². The molecule has 1 saturated heterocycles. The van der Waals surface area contributed by atoms with Crippen molar-refractivity contribution in [2.24, 2.45) is 0 Å². The number of rotatable bonds is 5. The van der Waals surface area contributed by atoms with E-state index in [4.69, 9.17) is 4.74 Å². The molecule has 3 heteroatoms. The fourth-order valence-electron chi connectivity index (χ4n) is 2.01. The van der Waals surface area contributed by atoms with E-state index in [0.29, 0.717) is 6.04 Å². The Bertz CT molecular complexity index is 283. The van der Waals surface area contributed by atoms with Gasteiger partial charge in [-0.15, -0.1) is 0 Å². The fourth-order valence-corrected chi connectivity index (χ4v) is 2.01. The molecule has 16 heavy (non-hydrogen) atoms. The van der Waals surface area contributed by atoms with Crippen LogP contribution in [0.25, 0.3) is 0 Å². The summed E-state index contributed by atoms with van der Waals surface area (Å²) in [5.74, 6) is 0. The molecule has 88 valence electrons. The first kappa shape index (κ1) is 11.6. The van der Waals surface area contributed by atoms with E-state index in [0.717, 1.165) is 31.9 Å². The van der Waals surface area contributed by atoms with Crippen LogP contribution < -0.4 is 5.32 Å². The van der Waals surface area contributed by atoms with Gasteiger partial charge >= 0.3 is 0 Å². The Hall–Kier alpha value is -0.930. The van der Waals surface area contributed by atoms with Crippen LogP contribution in [0, 0.1) is 0 Å². The first-order chi connectivity index (χ1) is 7.95. The third kappa shape index (κ3) is 3.91. The average Bonchev–Trinajstić information content (AvgIpc) is 2.37. The summed E-state index contributed by atoms with van der Waals surface area (Å²) in [5.41, 5.74) is 1.11. The highest BCUT2D eigenvalue weighted by Crippen LogP contribution is 2.07. The van der Waals surface area contributed by atoms with Gasteiger partial charge in [-0.05, 0) is 31.5 Å². The summed E-state index contributed by atoms with van der Waals surface area (Å²) < 4.78 is 5.67. The zero-order chi connectivity index (χ0) is 11.1. The van der Waals surface area contributed by atoms with Crippen LogP contribution in [-0.4, -0.2) is 30.8 Å². The standard InChI is InChI=1S/C13H20N2O/c1-3-8-14-12(5-1)7-10-16-11-13-6-2-4-9-15-13/h1,3,5,8,13,15H,2,4,6-7,9-11H2. The highest BCUT2D eigenvalue weighted by Gasteiger charge is 2.11. The third-order valence-corrected chi connectivity index (χ3v) is 2.96. The number of aromatic nitrogens is 1. The Morgan fingerprint density at radius 3 is 3.12 bits per heavy atom. The van der Waals surface area contributed by atoms with E-state index < -0.39 is 0 Å². The number of hydrogen-bond donors (Lipinski definition) is 1. The summed E-state index contributed by atoms with van der Waals surface area (Å²) in [6.07, 6.45) is 6.64. The van der Waals surface area contributed by atoms with Crippen molar-refractivity contribution in [2.45, 2.75) is 31.7 Å². The Morgan fingerprint density at radius 2 is 2.38 bits per heavy atom.